The fourth-order valence-corrected chi connectivity index (χ4v) is 6.26. The largest absolute Gasteiger partial charge is 0.448 e. The third kappa shape index (κ3) is 41.3. The van der Waals surface area contributed by atoms with Crippen LogP contribution >= 0.6 is 0 Å². The van der Waals surface area contributed by atoms with Crippen LogP contribution in [0.1, 0.15) is 194 Å². The lowest BCUT2D eigenvalue weighted by Gasteiger charge is -2.19. The van der Waals surface area contributed by atoms with Crippen molar-refractivity contribution in [1.29, 1.82) is 0 Å². The SMILES string of the molecule is CCCCCCCC/C=C\CCCCCCCCOCC(CNC(=O)OCCN(C)CCO)OCCCCCCCC/C=C\CCCCCCCC. The van der Waals surface area contributed by atoms with E-state index in [2.05, 4.69) is 43.5 Å². The normalized spacial score (nSPS) is 12.5. The van der Waals surface area contributed by atoms with Crippen LogP contribution in [0.3, 0.4) is 0 Å². The molecular weight excluding hydrogens is 649 g/mol. The minimum Gasteiger partial charge on any atom is -0.448 e. The van der Waals surface area contributed by atoms with Crippen LogP contribution in [0.2, 0.25) is 0 Å². The molecule has 0 aromatic carbocycles. The average Bonchev–Trinajstić information content (AvgIpc) is 3.14. The van der Waals surface area contributed by atoms with Gasteiger partial charge in [-0.2, -0.15) is 0 Å². The molecule has 0 fully saturated rings. The third-order valence-electron chi connectivity index (χ3n) is 9.78. The first-order chi connectivity index (χ1) is 25.6. The van der Waals surface area contributed by atoms with Gasteiger partial charge in [0.15, 0.2) is 0 Å². The monoisotopic (exact) mass is 737 g/mol. The summed E-state index contributed by atoms with van der Waals surface area (Å²) < 4.78 is 17.5. The van der Waals surface area contributed by atoms with Crippen molar-refractivity contribution in [3.8, 4) is 0 Å². The second-order valence-corrected chi connectivity index (χ2v) is 15.0. The number of ether oxygens (including phenoxy) is 3. The van der Waals surface area contributed by atoms with Crippen LogP contribution in [-0.2, 0) is 14.2 Å². The predicted octanol–water partition coefficient (Wildman–Crippen LogP) is 12.1. The maximum atomic E-state index is 12.3. The summed E-state index contributed by atoms with van der Waals surface area (Å²) in [6.07, 6.45) is 45.2. The van der Waals surface area contributed by atoms with Gasteiger partial charge in [0.25, 0.3) is 0 Å². The summed E-state index contributed by atoms with van der Waals surface area (Å²) in [5, 5.41) is 11.9. The van der Waals surface area contributed by atoms with Crippen molar-refractivity contribution in [2.45, 2.75) is 200 Å². The molecule has 1 amide bonds. The number of hydrogen-bond acceptors (Lipinski definition) is 6. The van der Waals surface area contributed by atoms with E-state index in [1.807, 2.05) is 11.9 Å². The summed E-state index contributed by atoms with van der Waals surface area (Å²) in [5.74, 6) is 0. The molecule has 0 radical (unpaired) electrons. The number of likely N-dealkylation sites (N-methyl/N-ethyl adjacent to an activating group) is 1. The molecule has 308 valence electrons. The predicted molar refractivity (Wildman–Crippen MR) is 223 cm³/mol. The molecule has 1 unspecified atom stereocenters. The Morgan fingerprint density at radius 3 is 1.46 bits per heavy atom. The number of alkyl carbamates (subject to hydrolysis) is 1. The molecule has 0 aliphatic rings. The zero-order chi connectivity index (χ0) is 37.8. The summed E-state index contributed by atoms with van der Waals surface area (Å²) >= 11 is 0. The first-order valence-electron chi connectivity index (χ1n) is 22.3. The van der Waals surface area contributed by atoms with Gasteiger partial charge in [0.05, 0.1) is 19.3 Å². The number of nitrogens with one attached hydrogen (secondary N) is 1. The molecule has 7 nitrogen and oxygen atoms in total. The Balaban J connectivity index is 4.04. The highest BCUT2D eigenvalue weighted by Gasteiger charge is 2.13. The van der Waals surface area contributed by atoms with Crippen molar-refractivity contribution >= 4 is 6.09 Å². The van der Waals surface area contributed by atoms with Crippen molar-refractivity contribution in [3.05, 3.63) is 24.3 Å². The van der Waals surface area contributed by atoms with Crippen LogP contribution in [0.15, 0.2) is 24.3 Å². The van der Waals surface area contributed by atoms with E-state index in [-0.39, 0.29) is 19.3 Å². The zero-order valence-corrected chi connectivity index (χ0v) is 34.9. The molecule has 0 aromatic heterocycles. The van der Waals surface area contributed by atoms with Gasteiger partial charge >= 0.3 is 6.09 Å². The van der Waals surface area contributed by atoms with Crippen LogP contribution in [0.25, 0.3) is 0 Å². The van der Waals surface area contributed by atoms with Crippen molar-refractivity contribution < 1.29 is 24.1 Å². The lowest BCUT2D eigenvalue weighted by Crippen LogP contribution is -2.38. The fourth-order valence-electron chi connectivity index (χ4n) is 6.26. The van der Waals surface area contributed by atoms with Crippen LogP contribution in [0.4, 0.5) is 4.79 Å². The highest BCUT2D eigenvalue weighted by Crippen LogP contribution is 2.12. The molecule has 1 atom stereocenters. The highest BCUT2D eigenvalue weighted by atomic mass is 16.6. The van der Waals surface area contributed by atoms with Crippen LogP contribution in [0.5, 0.6) is 0 Å². The van der Waals surface area contributed by atoms with E-state index in [0.29, 0.717) is 32.8 Å². The molecule has 0 aromatic rings. The number of hydrogen-bond donors (Lipinski definition) is 2. The molecule has 7 heteroatoms. The summed E-state index contributed by atoms with van der Waals surface area (Å²) in [7, 11) is 1.89. The molecule has 0 saturated carbocycles. The molecule has 0 bridgehead atoms. The molecule has 0 saturated heterocycles. The van der Waals surface area contributed by atoms with Crippen molar-refractivity contribution in [2.24, 2.45) is 0 Å². The quantitative estimate of drug-likeness (QED) is 0.0480. The van der Waals surface area contributed by atoms with E-state index in [4.69, 9.17) is 19.3 Å². The third-order valence-corrected chi connectivity index (χ3v) is 9.78. The molecule has 0 aliphatic heterocycles. The number of carbonyl (C=O) groups is 1. The second-order valence-electron chi connectivity index (χ2n) is 15.0. The molecule has 52 heavy (non-hydrogen) atoms. The standard InChI is InChI=1S/C45H88N2O5/c1-4-6-8-10-12-14-16-18-20-22-24-26-28-30-32-34-39-50-43-44(42-46-45(49)52-41-37-47(3)36-38-48)51-40-35-33-31-29-27-25-23-21-19-17-15-13-11-9-7-5-2/h18-21,44,48H,4-17,22-43H2,1-3H3,(H,46,49)/b20-18-,21-19-. The van der Waals surface area contributed by atoms with Crippen molar-refractivity contribution in [3.63, 3.8) is 0 Å². The Kier molecular flexibility index (Phi) is 42.8. The van der Waals surface area contributed by atoms with E-state index in [1.54, 1.807) is 0 Å². The zero-order valence-electron chi connectivity index (χ0n) is 34.9. The van der Waals surface area contributed by atoms with Gasteiger partial charge in [-0.25, -0.2) is 4.79 Å². The van der Waals surface area contributed by atoms with Gasteiger partial charge in [-0.15, -0.1) is 0 Å². The number of allylic oxidation sites excluding steroid dienone is 4. The molecule has 0 aliphatic carbocycles. The van der Waals surface area contributed by atoms with Gasteiger partial charge in [0, 0.05) is 32.8 Å². The molecule has 2 N–H and O–H groups in total. The lowest BCUT2D eigenvalue weighted by molar-refractivity contribution is -0.0175. The molecular formula is C45H88N2O5. The molecule has 0 spiro atoms. The Bertz CT molecular complexity index is 762. The number of rotatable bonds is 42. The smallest absolute Gasteiger partial charge is 0.407 e. The average molecular weight is 737 g/mol. The number of nitrogens with zero attached hydrogens (tertiary/aromatic N) is 1. The van der Waals surface area contributed by atoms with Gasteiger partial charge in [-0.1, -0.05) is 154 Å². The van der Waals surface area contributed by atoms with Crippen LogP contribution < -0.4 is 5.32 Å². The van der Waals surface area contributed by atoms with Gasteiger partial charge in [0.1, 0.15) is 6.61 Å². The van der Waals surface area contributed by atoms with E-state index >= 15 is 0 Å². The number of amides is 1. The lowest BCUT2D eigenvalue weighted by atomic mass is 10.1. The summed E-state index contributed by atoms with van der Waals surface area (Å²) in [4.78, 5) is 14.2. The Morgan fingerprint density at radius 2 is 1.00 bits per heavy atom. The van der Waals surface area contributed by atoms with Crippen LogP contribution in [0, 0.1) is 0 Å². The van der Waals surface area contributed by atoms with Crippen LogP contribution in [-0.4, -0.2) is 81.9 Å². The summed E-state index contributed by atoms with van der Waals surface area (Å²) in [5.41, 5.74) is 0. The number of aliphatic hydroxyl groups is 1. The molecule has 0 heterocycles. The Hall–Kier alpha value is -1.41. The number of aliphatic hydroxyl groups excluding tert-OH is 1. The minimum absolute atomic E-state index is 0.0932. The Morgan fingerprint density at radius 1 is 0.577 bits per heavy atom. The van der Waals surface area contributed by atoms with Crippen molar-refractivity contribution in [1.82, 2.24) is 10.2 Å². The number of unbranched alkanes of at least 4 members (excludes halogenated alkanes) is 24. The Labute approximate surface area is 323 Å². The van der Waals surface area contributed by atoms with Gasteiger partial charge < -0.3 is 29.5 Å². The maximum absolute atomic E-state index is 12.3. The topological polar surface area (TPSA) is 80.3 Å². The summed E-state index contributed by atoms with van der Waals surface area (Å²) in [6, 6.07) is 0. The first-order valence-corrected chi connectivity index (χ1v) is 22.3. The number of carbonyl (C=O) groups excluding carboxylic acids is 1. The van der Waals surface area contributed by atoms with Gasteiger partial charge in [-0.05, 0) is 71.3 Å². The maximum Gasteiger partial charge on any atom is 0.407 e. The van der Waals surface area contributed by atoms with E-state index < -0.39 is 6.09 Å². The van der Waals surface area contributed by atoms with Gasteiger partial charge in [0.2, 0.25) is 0 Å². The highest BCUT2D eigenvalue weighted by molar-refractivity contribution is 5.67. The second kappa shape index (κ2) is 44.0. The van der Waals surface area contributed by atoms with E-state index in [0.717, 1.165) is 19.4 Å². The van der Waals surface area contributed by atoms with E-state index in [1.165, 1.54) is 167 Å². The molecule has 0 rings (SSSR count). The van der Waals surface area contributed by atoms with E-state index in [9.17, 15) is 4.79 Å². The minimum atomic E-state index is -0.434. The fraction of sp³-hybridized carbons (Fsp3) is 0.889. The van der Waals surface area contributed by atoms with Crippen molar-refractivity contribution in [2.75, 3.05) is 59.7 Å². The first kappa shape index (κ1) is 50.6. The van der Waals surface area contributed by atoms with Gasteiger partial charge in [-0.3, -0.25) is 0 Å². The summed E-state index contributed by atoms with van der Waals surface area (Å²) in [6.45, 7) is 8.36.